The summed E-state index contributed by atoms with van der Waals surface area (Å²) in [6.07, 6.45) is 8.46. The van der Waals surface area contributed by atoms with Crippen LogP contribution in [0, 0.1) is 39.4 Å². The average molecular weight is 741 g/mol. The Bertz CT molecular complexity index is 1470. The molecule has 2 aliphatic heterocycles. The first-order valence-corrected chi connectivity index (χ1v) is 19.9. The molecule has 1 unspecified atom stereocenters. The topological polar surface area (TPSA) is 188 Å². The summed E-state index contributed by atoms with van der Waals surface area (Å²) < 4.78 is 0. The van der Waals surface area contributed by atoms with Gasteiger partial charge in [0, 0.05) is 25.9 Å². The zero-order valence-corrected chi connectivity index (χ0v) is 33.3. The third-order valence-corrected chi connectivity index (χ3v) is 13.3. The summed E-state index contributed by atoms with van der Waals surface area (Å²) in [4.78, 5) is 97.4. The molecule has 3 saturated carbocycles. The van der Waals surface area contributed by atoms with E-state index in [9.17, 15) is 28.8 Å². The molecular weight excluding hydrogens is 676 g/mol. The molecule has 2 heterocycles. The monoisotopic (exact) mass is 740 g/mol. The van der Waals surface area contributed by atoms with Gasteiger partial charge in [-0.15, -0.1) is 0 Å². The number of likely N-dealkylation sites (tertiary alicyclic amines) is 2. The highest BCUT2D eigenvalue weighted by Crippen LogP contribution is 2.53. The van der Waals surface area contributed by atoms with Gasteiger partial charge in [0.2, 0.25) is 29.4 Å². The van der Waals surface area contributed by atoms with Crippen LogP contribution in [0.25, 0.3) is 0 Å². The molecule has 0 aromatic heterocycles. The minimum Gasteiger partial charge on any atom is -0.363 e. The molecule has 3 aliphatic carbocycles. The lowest BCUT2D eigenvalue weighted by molar-refractivity contribution is -0.153. The predicted molar refractivity (Wildman–Crippen MR) is 199 cm³/mol. The fourth-order valence-electron chi connectivity index (χ4n) is 9.54. The van der Waals surface area contributed by atoms with E-state index in [1.54, 1.807) is 4.90 Å². The van der Waals surface area contributed by atoms with Crippen LogP contribution in [0.3, 0.4) is 0 Å². The molecular formula is C40H64N6O7. The summed E-state index contributed by atoms with van der Waals surface area (Å²) in [5, 5.41) is 8.94. The van der Waals surface area contributed by atoms with E-state index in [-0.39, 0.29) is 60.3 Å². The van der Waals surface area contributed by atoms with E-state index in [2.05, 4.69) is 29.8 Å². The highest BCUT2D eigenvalue weighted by Gasteiger charge is 2.58. The molecule has 2 saturated heterocycles. The Labute approximate surface area is 315 Å². The first kappa shape index (κ1) is 40.7. The molecule has 0 radical (unpaired) electrons. The smallest absolute Gasteiger partial charge is 0.315 e. The van der Waals surface area contributed by atoms with E-state index in [1.165, 1.54) is 4.90 Å². The van der Waals surface area contributed by atoms with Crippen LogP contribution in [-0.2, 0) is 28.8 Å². The van der Waals surface area contributed by atoms with E-state index in [4.69, 9.17) is 5.73 Å². The van der Waals surface area contributed by atoms with Crippen molar-refractivity contribution in [3.05, 3.63) is 0 Å². The summed E-state index contributed by atoms with van der Waals surface area (Å²) in [5.41, 5.74) is 3.69. The number of amides is 7. The Kier molecular flexibility index (Phi) is 11.5. The Balaban J connectivity index is 1.41. The second-order valence-electron chi connectivity index (χ2n) is 19.8. The Morgan fingerprint density at radius 2 is 1.45 bits per heavy atom. The van der Waals surface area contributed by atoms with Crippen LogP contribution >= 0.6 is 0 Å². The number of carbonyl (C=O) groups is 7. The number of carbonyl (C=O) groups excluding carboxylic acids is 7. The number of ketones is 1. The fourth-order valence-corrected chi connectivity index (χ4v) is 9.54. The van der Waals surface area contributed by atoms with Gasteiger partial charge in [-0.3, -0.25) is 33.7 Å². The number of urea groups is 1. The molecule has 53 heavy (non-hydrogen) atoms. The van der Waals surface area contributed by atoms with Crippen LogP contribution in [0.2, 0.25) is 0 Å². The van der Waals surface area contributed by atoms with Crippen LogP contribution in [0.4, 0.5) is 4.79 Å². The Morgan fingerprint density at radius 3 is 2.00 bits per heavy atom. The van der Waals surface area contributed by atoms with Crippen molar-refractivity contribution in [3.8, 4) is 0 Å². The first-order valence-electron chi connectivity index (χ1n) is 19.9. The summed E-state index contributed by atoms with van der Waals surface area (Å²) in [6.45, 7) is 16.3. The maximum absolute atomic E-state index is 15.1. The number of hydrogen-bond donors (Lipinski definition) is 4. The van der Waals surface area contributed by atoms with Gasteiger partial charge in [-0.25, -0.2) is 4.79 Å². The standard InChI is InChI=1S/C40H64N6O7/c1-37(2,3)27(22-45-28(47)19-38(4,5)20-29(45)48)43-36(53)44-32(40(8)15-10-9-11-16-40)35(52)46-21-25-24(14-17-39(25,6)7)30(46)34(51)42-26(18-23-12-13-23)31(49)33(41)50/h23-27,30,32H,9-22H2,1-8H3,(H2,41,50)(H,42,51)(H2,43,44,53)/t24-,25-,26?,27+,30-,32+/m0/s1. The van der Waals surface area contributed by atoms with Crippen molar-refractivity contribution >= 4 is 41.4 Å². The van der Waals surface area contributed by atoms with Crippen LogP contribution in [0.1, 0.15) is 132 Å². The third kappa shape index (κ3) is 9.07. The molecule has 0 aromatic rings. The summed E-state index contributed by atoms with van der Waals surface area (Å²) >= 11 is 0. The zero-order chi connectivity index (χ0) is 39.3. The van der Waals surface area contributed by atoms with Crippen molar-refractivity contribution in [2.45, 2.75) is 157 Å². The lowest BCUT2D eigenvalue weighted by Crippen LogP contribution is -2.63. The Hall–Kier alpha value is -3.51. The maximum Gasteiger partial charge on any atom is 0.315 e. The highest BCUT2D eigenvalue weighted by atomic mass is 16.2. The van der Waals surface area contributed by atoms with E-state index in [1.807, 2.05) is 41.5 Å². The number of primary amides is 1. The summed E-state index contributed by atoms with van der Waals surface area (Å²) in [7, 11) is 0. The van der Waals surface area contributed by atoms with Gasteiger partial charge in [0.25, 0.3) is 5.91 Å². The van der Waals surface area contributed by atoms with Gasteiger partial charge in [-0.2, -0.15) is 0 Å². The van der Waals surface area contributed by atoms with Gasteiger partial charge >= 0.3 is 6.03 Å². The quantitative estimate of drug-likeness (QED) is 0.173. The van der Waals surface area contributed by atoms with Crippen LogP contribution < -0.4 is 21.7 Å². The van der Waals surface area contributed by atoms with E-state index in [0.717, 1.165) is 44.9 Å². The average Bonchev–Trinajstić information content (AvgIpc) is 3.69. The van der Waals surface area contributed by atoms with E-state index < -0.39 is 64.0 Å². The number of imide groups is 1. The summed E-state index contributed by atoms with van der Waals surface area (Å²) in [5.74, 6) is -3.16. The number of nitrogens with zero attached hydrogens (tertiary/aromatic N) is 2. The van der Waals surface area contributed by atoms with Crippen molar-refractivity contribution in [2.24, 2.45) is 45.1 Å². The molecule has 6 atom stereocenters. The van der Waals surface area contributed by atoms with Crippen molar-refractivity contribution in [2.75, 3.05) is 13.1 Å². The fraction of sp³-hybridized carbons (Fsp3) is 0.825. The van der Waals surface area contributed by atoms with Crippen molar-refractivity contribution in [3.63, 3.8) is 0 Å². The van der Waals surface area contributed by atoms with Gasteiger partial charge in [-0.1, -0.05) is 87.5 Å². The number of nitrogens with one attached hydrogen (secondary N) is 3. The lowest BCUT2D eigenvalue weighted by atomic mass is 9.70. The molecule has 13 heteroatoms. The predicted octanol–water partition coefficient (Wildman–Crippen LogP) is 3.82. The number of fused-ring (bicyclic) bond motifs is 1. The molecule has 0 bridgehead atoms. The van der Waals surface area contributed by atoms with Gasteiger partial charge in [0.1, 0.15) is 12.1 Å². The van der Waals surface area contributed by atoms with Crippen LogP contribution in [-0.4, -0.2) is 88.4 Å². The summed E-state index contributed by atoms with van der Waals surface area (Å²) in [6, 6.07) is -4.08. The minimum absolute atomic E-state index is 0.0133. The second-order valence-corrected chi connectivity index (χ2v) is 19.8. The molecule has 5 aliphatic rings. The van der Waals surface area contributed by atoms with Crippen LogP contribution in [0.5, 0.6) is 0 Å². The van der Waals surface area contributed by atoms with Crippen molar-refractivity contribution in [1.82, 2.24) is 25.8 Å². The van der Waals surface area contributed by atoms with Gasteiger partial charge in [0.15, 0.2) is 0 Å². The van der Waals surface area contributed by atoms with Gasteiger partial charge in [-0.05, 0) is 71.5 Å². The molecule has 5 rings (SSSR count). The van der Waals surface area contributed by atoms with Crippen molar-refractivity contribution < 1.29 is 33.6 Å². The lowest BCUT2D eigenvalue weighted by Gasteiger charge is -2.43. The molecule has 5 N–H and O–H groups in total. The first-order chi connectivity index (χ1) is 24.5. The van der Waals surface area contributed by atoms with Crippen LogP contribution in [0.15, 0.2) is 0 Å². The zero-order valence-electron chi connectivity index (χ0n) is 33.3. The number of nitrogens with two attached hydrogens (primary N) is 1. The molecule has 7 amide bonds. The van der Waals surface area contributed by atoms with Gasteiger partial charge < -0.3 is 26.6 Å². The third-order valence-electron chi connectivity index (χ3n) is 13.3. The molecule has 5 fully saturated rings. The van der Waals surface area contributed by atoms with Crippen molar-refractivity contribution in [1.29, 1.82) is 0 Å². The molecule has 296 valence electrons. The second kappa shape index (κ2) is 15.0. The van der Waals surface area contributed by atoms with Gasteiger partial charge in [0.05, 0.1) is 12.1 Å². The number of rotatable bonds is 12. The normalized spacial score (nSPS) is 28.0. The maximum atomic E-state index is 15.1. The largest absolute Gasteiger partial charge is 0.363 e. The number of hydrogen-bond acceptors (Lipinski definition) is 7. The van der Waals surface area contributed by atoms with E-state index >= 15 is 4.79 Å². The molecule has 0 aromatic carbocycles. The molecule has 0 spiro atoms. The molecule has 13 nitrogen and oxygen atoms in total. The van der Waals surface area contributed by atoms with E-state index in [0.29, 0.717) is 25.8 Å². The Morgan fingerprint density at radius 1 is 0.849 bits per heavy atom. The SMILES string of the molecule is CC1(C)CC(=O)N(C[C@@H](NC(=O)N[C@H](C(=O)N2C[C@H]3[C@H](CCC3(C)C)[C@H]2C(=O)NC(CC2CC2)C(=O)C(N)=O)C2(C)CCCCC2)C(C)(C)C)C(=O)C1. The minimum atomic E-state index is -1.10. The number of piperidine rings is 1. The number of Topliss-reactive ketones (excluding diaryl/α,β-unsaturated/α-hetero) is 1. The highest BCUT2D eigenvalue weighted by molar-refractivity contribution is 6.37.